The normalized spacial score (nSPS) is 10.6. The van der Waals surface area contributed by atoms with Crippen molar-refractivity contribution in [3.63, 3.8) is 0 Å². The fourth-order valence-corrected chi connectivity index (χ4v) is 2.27. The third kappa shape index (κ3) is 2.89. The molecular weight excluding hydrogens is 308 g/mol. The average Bonchev–Trinajstić information content (AvgIpc) is 3.17. The van der Waals surface area contributed by atoms with E-state index in [1.807, 2.05) is 13.8 Å². The average molecular weight is 324 g/mol. The fraction of sp³-hybridized carbons (Fsp3) is 0.125. The Hall–Kier alpha value is -3.42. The van der Waals surface area contributed by atoms with Gasteiger partial charge in [0.2, 0.25) is 5.91 Å². The Balaban J connectivity index is 2.01. The molecule has 8 heteroatoms. The number of aryl methyl sites for hydroxylation is 2. The second kappa shape index (κ2) is 5.99. The molecule has 0 aliphatic heterocycles. The van der Waals surface area contributed by atoms with Gasteiger partial charge in [0.05, 0.1) is 0 Å². The summed E-state index contributed by atoms with van der Waals surface area (Å²) in [5.41, 5.74) is 7.59. The number of aromatic nitrogens is 4. The molecule has 24 heavy (non-hydrogen) atoms. The number of aromatic amines is 2. The van der Waals surface area contributed by atoms with E-state index in [2.05, 4.69) is 20.4 Å². The van der Waals surface area contributed by atoms with Crippen molar-refractivity contribution in [1.29, 1.82) is 0 Å². The molecular formula is C16H16N6O2. The van der Waals surface area contributed by atoms with Gasteiger partial charge < -0.3 is 5.73 Å². The first-order chi connectivity index (χ1) is 11.5. The largest absolute Gasteiger partial charge is 0.366 e. The zero-order valence-corrected chi connectivity index (χ0v) is 13.2. The number of nitrogens with one attached hydrogen (secondary N) is 2. The van der Waals surface area contributed by atoms with Gasteiger partial charge in [0.25, 0.3) is 5.91 Å². The van der Waals surface area contributed by atoms with Gasteiger partial charge in [-0.1, -0.05) is 0 Å². The molecule has 2 aromatic heterocycles. The first-order valence-electron chi connectivity index (χ1n) is 7.24. The topological polar surface area (TPSA) is 121 Å². The van der Waals surface area contributed by atoms with Crippen molar-refractivity contribution in [2.45, 2.75) is 13.8 Å². The van der Waals surface area contributed by atoms with E-state index in [0.717, 1.165) is 11.4 Å². The van der Waals surface area contributed by atoms with E-state index in [1.165, 1.54) is 17.0 Å². The lowest BCUT2D eigenvalue weighted by Gasteiger charge is -2.17. The van der Waals surface area contributed by atoms with E-state index < -0.39 is 5.91 Å². The van der Waals surface area contributed by atoms with Crippen molar-refractivity contribution in [3.8, 4) is 0 Å². The highest BCUT2D eigenvalue weighted by molar-refractivity contribution is 6.10. The summed E-state index contributed by atoms with van der Waals surface area (Å²) in [7, 11) is 0. The molecule has 0 saturated heterocycles. The van der Waals surface area contributed by atoms with Crippen molar-refractivity contribution in [3.05, 3.63) is 58.9 Å². The van der Waals surface area contributed by atoms with E-state index in [9.17, 15) is 9.59 Å². The van der Waals surface area contributed by atoms with E-state index in [-0.39, 0.29) is 5.91 Å². The Kier molecular flexibility index (Phi) is 3.87. The molecule has 2 heterocycles. The lowest BCUT2D eigenvalue weighted by atomic mass is 10.1. The van der Waals surface area contributed by atoms with Crippen LogP contribution in [0.15, 0.2) is 36.4 Å². The second-order valence-electron chi connectivity index (χ2n) is 5.40. The molecule has 0 bridgehead atoms. The molecule has 2 amide bonds. The summed E-state index contributed by atoms with van der Waals surface area (Å²) in [5, 5.41) is 13.9. The maximum Gasteiger partial charge on any atom is 0.265 e. The first kappa shape index (κ1) is 15.5. The summed E-state index contributed by atoms with van der Waals surface area (Å²) < 4.78 is 0. The van der Waals surface area contributed by atoms with Gasteiger partial charge in [-0.3, -0.25) is 19.8 Å². The van der Waals surface area contributed by atoms with Crippen LogP contribution in [-0.2, 0) is 0 Å². The van der Waals surface area contributed by atoms with Crippen LogP contribution in [0.2, 0.25) is 0 Å². The number of amides is 2. The lowest BCUT2D eigenvalue weighted by molar-refractivity contribution is 0.0987. The van der Waals surface area contributed by atoms with Gasteiger partial charge in [-0.25, -0.2) is 4.90 Å². The van der Waals surface area contributed by atoms with Gasteiger partial charge in [-0.05, 0) is 38.1 Å². The Morgan fingerprint density at radius 3 is 1.75 bits per heavy atom. The molecule has 0 radical (unpaired) electrons. The number of H-pyrrole nitrogens is 2. The number of rotatable bonds is 4. The van der Waals surface area contributed by atoms with Gasteiger partial charge in [0.1, 0.15) is 0 Å². The molecule has 3 rings (SSSR count). The van der Waals surface area contributed by atoms with Gasteiger partial charge in [-0.15, -0.1) is 0 Å². The molecule has 8 nitrogen and oxygen atoms in total. The maximum absolute atomic E-state index is 12.9. The molecule has 1 aromatic carbocycles. The van der Waals surface area contributed by atoms with Crippen LogP contribution in [0.25, 0.3) is 0 Å². The van der Waals surface area contributed by atoms with Crippen molar-refractivity contribution < 1.29 is 9.59 Å². The summed E-state index contributed by atoms with van der Waals surface area (Å²) in [6.45, 7) is 3.69. The summed E-state index contributed by atoms with van der Waals surface area (Å²) in [4.78, 5) is 25.5. The number of nitrogens with two attached hydrogens (primary N) is 1. The third-order valence-electron chi connectivity index (χ3n) is 3.46. The van der Waals surface area contributed by atoms with Crippen LogP contribution in [0.5, 0.6) is 0 Å². The van der Waals surface area contributed by atoms with Crippen molar-refractivity contribution >= 4 is 23.5 Å². The Morgan fingerprint density at radius 1 is 0.917 bits per heavy atom. The predicted octanol–water partition coefficient (Wildman–Crippen LogP) is 1.83. The van der Waals surface area contributed by atoms with Gasteiger partial charge in [0, 0.05) is 34.6 Å². The zero-order chi connectivity index (χ0) is 17.3. The molecule has 0 saturated carbocycles. The minimum atomic E-state index is -0.545. The molecule has 0 unspecified atom stereocenters. The molecule has 0 fully saturated rings. The van der Waals surface area contributed by atoms with Crippen LogP contribution in [0.3, 0.4) is 0 Å². The lowest BCUT2D eigenvalue weighted by Crippen LogP contribution is -2.27. The van der Waals surface area contributed by atoms with Gasteiger partial charge >= 0.3 is 0 Å². The first-order valence-corrected chi connectivity index (χ1v) is 7.24. The fourth-order valence-electron chi connectivity index (χ4n) is 2.27. The van der Waals surface area contributed by atoms with E-state index >= 15 is 0 Å². The maximum atomic E-state index is 12.9. The molecule has 3 aromatic rings. The van der Waals surface area contributed by atoms with E-state index in [0.29, 0.717) is 22.8 Å². The Morgan fingerprint density at radius 2 is 1.38 bits per heavy atom. The van der Waals surface area contributed by atoms with Crippen LogP contribution in [0, 0.1) is 13.8 Å². The monoisotopic (exact) mass is 324 g/mol. The summed E-state index contributed by atoms with van der Waals surface area (Å²) in [5.74, 6) is 0.00619. The Bertz CT molecular complexity index is 853. The molecule has 122 valence electrons. The molecule has 0 atom stereocenters. The van der Waals surface area contributed by atoms with Crippen LogP contribution in [-0.4, -0.2) is 32.2 Å². The second-order valence-corrected chi connectivity index (χ2v) is 5.40. The molecule has 0 aliphatic carbocycles. The quantitative estimate of drug-likeness (QED) is 0.677. The van der Waals surface area contributed by atoms with Gasteiger partial charge in [-0.2, -0.15) is 10.2 Å². The number of nitrogens with zero attached hydrogens (tertiary/aromatic N) is 3. The zero-order valence-electron chi connectivity index (χ0n) is 13.2. The SMILES string of the molecule is Cc1cc(N(C(=O)c2ccc(C(N)=O)cc2)c2cc(C)[nH]n2)n[nH]1. The van der Waals surface area contributed by atoms with Gasteiger partial charge in [0.15, 0.2) is 11.6 Å². The summed E-state index contributed by atoms with van der Waals surface area (Å²) in [6.07, 6.45) is 0. The minimum absolute atomic E-state index is 0.316. The number of hydrogen-bond donors (Lipinski definition) is 3. The third-order valence-corrected chi connectivity index (χ3v) is 3.46. The smallest absolute Gasteiger partial charge is 0.265 e. The molecule has 0 aliphatic rings. The number of carbonyl (C=O) groups is 2. The summed E-state index contributed by atoms with van der Waals surface area (Å²) >= 11 is 0. The van der Waals surface area contributed by atoms with Crippen molar-refractivity contribution in [2.24, 2.45) is 5.73 Å². The Labute approximate surface area is 137 Å². The number of carbonyl (C=O) groups excluding carboxylic acids is 2. The molecule has 4 N–H and O–H groups in total. The summed E-state index contributed by atoms with van der Waals surface area (Å²) in [6, 6.07) is 9.63. The molecule has 0 spiro atoms. The highest BCUT2D eigenvalue weighted by Gasteiger charge is 2.24. The standard InChI is InChI=1S/C16H16N6O2/c1-9-7-13(20-18-9)22(14-8-10(2)19-21-14)16(24)12-5-3-11(4-6-12)15(17)23/h3-8H,1-2H3,(H2,17,23)(H,18,20)(H,19,21). The highest BCUT2D eigenvalue weighted by Crippen LogP contribution is 2.25. The highest BCUT2D eigenvalue weighted by atomic mass is 16.2. The predicted molar refractivity (Wildman–Crippen MR) is 88.1 cm³/mol. The van der Waals surface area contributed by atoms with Crippen LogP contribution < -0.4 is 10.6 Å². The minimum Gasteiger partial charge on any atom is -0.366 e. The van der Waals surface area contributed by atoms with Crippen molar-refractivity contribution in [1.82, 2.24) is 20.4 Å². The number of anilines is 2. The van der Waals surface area contributed by atoms with Crippen LogP contribution in [0.1, 0.15) is 32.1 Å². The number of hydrogen-bond acceptors (Lipinski definition) is 4. The van der Waals surface area contributed by atoms with Crippen LogP contribution >= 0.6 is 0 Å². The van der Waals surface area contributed by atoms with Crippen LogP contribution in [0.4, 0.5) is 11.6 Å². The van der Waals surface area contributed by atoms with E-state index in [4.69, 9.17) is 5.73 Å². The number of primary amides is 1. The van der Waals surface area contributed by atoms with E-state index in [1.54, 1.807) is 24.3 Å². The van der Waals surface area contributed by atoms with Crippen molar-refractivity contribution in [2.75, 3.05) is 4.90 Å². The number of benzene rings is 1.